The Kier molecular flexibility index (Phi) is 3.11. The van der Waals surface area contributed by atoms with E-state index in [1.165, 1.54) is 16.8 Å². The van der Waals surface area contributed by atoms with Crippen molar-refractivity contribution in [1.82, 2.24) is 9.97 Å². The molecule has 0 spiro atoms. The minimum absolute atomic E-state index is 0.152. The average Bonchev–Trinajstić information content (AvgIpc) is 2.50. The van der Waals surface area contributed by atoms with Crippen molar-refractivity contribution in [3.8, 4) is 0 Å². The number of hydrogen-bond donors (Lipinski definition) is 0. The molecule has 0 atom stereocenters. The Balaban J connectivity index is 2.22. The predicted octanol–water partition coefficient (Wildman–Crippen LogP) is 3.02. The lowest BCUT2D eigenvalue weighted by atomic mass is 9.68. The van der Waals surface area contributed by atoms with E-state index in [0.717, 1.165) is 19.4 Å². The van der Waals surface area contributed by atoms with E-state index in [0.29, 0.717) is 0 Å². The van der Waals surface area contributed by atoms with E-state index in [-0.39, 0.29) is 5.41 Å². The summed E-state index contributed by atoms with van der Waals surface area (Å²) >= 11 is 0. The van der Waals surface area contributed by atoms with Crippen LogP contribution >= 0.6 is 0 Å². The van der Waals surface area contributed by atoms with Gasteiger partial charge in [0, 0.05) is 37.0 Å². The third kappa shape index (κ3) is 1.95. The molecular weight excluding hydrogens is 234 g/mol. The molecule has 0 radical (unpaired) electrons. The van der Waals surface area contributed by atoms with E-state index in [1.54, 1.807) is 0 Å². The van der Waals surface area contributed by atoms with Crippen LogP contribution in [0.1, 0.15) is 30.9 Å². The van der Waals surface area contributed by atoms with Crippen molar-refractivity contribution in [2.45, 2.75) is 25.2 Å². The first-order chi connectivity index (χ1) is 9.34. The number of aromatic nitrogens is 2. The number of pyridine rings is 2. The van der Waals surface area contributed by atoms with Crippen molar-refractivity contribution in [3.63, 3.8) is 0 Å². The van der Waals surface area contributed by atoms with Gasteiger partial charge in [-0.05, 0) is 43.0 Å². The first-order valence-corrected chi connectivity index (χ1v) is 6.66. The number of rotatable bonds is 2. The third-order valence-electron chi connectivity index (χ3n) is 3.99. The zero-order valence-corrected chi connectivity index (χ0v) is 11.1. The number of nitrogens with zero attached hydrogens (tertiary/aromatic N) is 3. The van der Waals surface area contributed by atoms with Gasteiger partial charge >= 0.3 is 0 Å². The van der Waals surface area contributed by atoms with Gasteiger partial charge in [-0.15, -0.1) is 0 Å². The smallest absolute Gasteiger partial charge is 0.0608 e. The molecule has 96 valence electrons. The molecule has 3 rings (SSSR count). The summed E-state index contributed by atoms with van der Waals surface area (Å²) in [5.74, 6) is 0. The molecule has 0 unspecified atom stereocenters. The van der Waals surface area contributed by atoms with Crippen LogP contribution in [-0.4, -0.2) is 22.2 Å². The summed E-state index contributed by atoms with van der Waals surface area (Å²) in [7, 11) is 0. The van der Waals surface area contributed by atoms with Crippen LogP contribution in [0.4, 0.5) is 0 Å². The molecule has 0 fully saturated rings. The van der Waals surface area contributed by atoms with Crippen LogP contribution in [0, 0.1) is 0 Å². The quantitative estimate of drug-likeness (QED) is 0.823. The maximum Gasteiger partial charge on any atom is 0.0608 e. The summed E-state index contributed by atoms with van der Waals surface area (Å²) in [6.45, 7) is 3.05. The fraction of sp³-hybridized carbons (Fsp3) is 0.312. The summed E-state index contributed by atoms with van der Waals surface area (Å²) < 4.78 is 0. The maximum atomic E-state index is 4.70. The zero-order chi connectivity index (χ0) is 13.1. The van der Waals surface area contributed by atoms with Gasteiger partial charge in [0.05, 0.1) is 5.41 Å². The average molecular weight is 251 g/mol. The van der Waals surface area contributed by atoms with E-state index in [2.05, 4.69) is 29.0 Å². The van der Waals surface area contributed by atoms with Gasteiger partial charge in [0.25, 0.3) is 0 Å². The molecule has 0 N–H and O–H groups in total. The number of aliphatic imine (C=N–C) groups is 1. The van der Waals surface area contributed by atoms with Gasteiger partial charge in [0.15, 0.2) is 0 Å². The zero-order valence-electron chi connectivity index (χ0n) is 11.1. The lowest BCUT2D eigenvalue weighted by Gasteiger charge is -2.37. The Labute approximate surface area is 113 Å². The molecule has 19 heavy (non-hydrogen) atoms. The largest absolute Gasteiger partial charge is 0.293 e. The highest BCUT2D eigenvalue weighted by Gasteiger charge is 2.38. The SMILES string of the molecule is CC1=NCCCC1(c1cccnc1)c1cccnc1. The highest BCUT2D eigenvalue weighted by atomic mass is 14.8. The van der Waals surface area contributed by atoms with Crippen molar-refractivity contribution < 1.29 is 0 Å². The molecule has 2 aromatic rings. The summed E-state index contributed by atoms with van der Waals surface area (Å²) in [6.07, 6.45) is 9.71. The fourth-order valence-corrected chi connectivity index (χ4v) is 3.01. The van der Waals surface area contributed by atoms with E-state index in [9.17, 15) is 0 Å². The van der Waals surface area contributed by atoms with Crippen LogP contribution in [0.3, 0.4) is 0 Å². The van der Waals surface area contributed by atoms with Gasteiger partial charge in [-0.25, -0.2) is 0 Å². The van der Waals surface area contributed by atoms with Crippen LogP contribution in [-0.2, 0) is 5.41 Å². The normalized spacial score (nSPS) is 17.8. The van der Waals surface area contributed by atoms with E-state index >= 15 is 0 Å². The van der Waals surface area contributed by atoms with Crippen molar-refractivity contribution in [2.24, 2.45) is 4.99 Å². The lowest BCUT2D eigenvalue weighted by Crippen LogP contribution is -2.38. The Morgan fingerprint density at radius 3 is 2.11 bits per heavy atom. The Bertz CT molecular complexity index is 536. The van der Waals surface area contributed by atoms with Crippen molar-refractivity contribution in [2.75, 3.05) is 6.54 Å². The molecule has 0 aromatic carbocycles. The molecule has 0 bridgehead atoms. The topological polar surface area (TPSA) is 38.1 Å². The summed E-state index contributed by atoms with van der Waals surface area (Å²) in [5, 5.41) is 0. The summed E-state index contributed by atoms with van der Waals surface area (Å²) in [4.78, 5) is 13.3. The molecule has 3 nitrogen and oxygen atoms in total. The van der Waals surface area contributed by atoms with Crippen molar-refractivity contribution in [1.29, 1.82) is 0 Å². The summed E-state index contributed by atoms with van der Waals surface area (Å²) in [6, 6.07) is 8.28. The van der Waals surface area contributed by atoms with E-state index < -0.39 is 0 Å². The molecule has 1 aliphatic heterocycles. The lowest BCUT2D eigenvalue weighted by molar-refractivity contribution is 0.552. The van der Waals surface area contributed by atoms with E-state index in [1.807, 2.05) is 36.9 Å². The summed E-state index contributed by atoms with van der Waals surface area (Å²) in [5.41, 5.74) is 3.44. The minimum Gasteiger partial charge on any atom is -0.293 e. The second-order valence-corrected chi connectivity index (χ2v) is 4.96. The van der Waals surface area contributed by atoms with Crippen LogP contribution in [0.2, 0.25) is 0 Å². The fourth-order valence-electron chi connectivity index (χ4n) is 3.01. The van der Waals surface area contributed by atoms with Crippen molar-refractivity contribution in [3.05, 3.63) is 60.2 Å². The molecule has 0 amide bonds. The van der Waals surface area contributed by atoms with Gasteiger partial charge in [-0.3, -0.25) is 15.0 Å². The van der Waals surface area contributed by atoms with Gasteiger partial charge in [-0.1, -0.05) is 12.1 Å². The molecule has 3 heterocycles. The van der Waals surface area contributed by atoms with Crippen LogP contribution in [0.25, 0.3) is 0 Å². The van der Waals surface area contributed by atoms with Crippen LogP contribution in [0.5, 0.6) is 0 Å². The first-order valence-electron chi connectivity index (χ1n) is 6.66. The Morgan fingerprint density at radius 2 is 1.63 bits per heavy atom. The molecule has 0 aliphatic carbocycles. The number of hydrogen-bond acceptors (Lipinski definition) is 3. The second kappa shape index (κ2) is 4.92. The molecule has 2 aromatic heterocycles. The van der Waals surface area contributed by atoms with E-state index in [4.69, 9.17) is 4.99 Å². The first kappa shape index (κ1) is 12.0. The molecule has 0 saturated carbocycles. The Morgan fingerprint density at radius 1 is 1.00 bits per heavy atom. The third-order valence-corrected chi connectivity index (χ3v) is 3.99. The van der Waals surface area contributed by atoms with Crippen LogP contribution < -0.4 is 0 Å². The molecule has 1 aliphatic rings. The standard InChI is InChI=1S/C16H17N3/c1-13-16(7-4-10-19-13,14-5-2-8-17-11-14)15-6-3-9-18-12-15/h2-3,5-6,8-9,11-12H,4,7,10H2,1H3. The molecule has 3 heteroatoms. The maximum absolute atomic E-state index is 4.70. The second-order valence-electron chi connectivity index (χ2n) is 4.96. The van der Waals surface area contributed by atoms with Gasteiger partial charge in [0.1, 0.15) is 0 Å². The monoisotopic (exact) mass is 251 g/mol. The minimum atomic E-state index is -0.152. The van der Waals surface area contributed by atoms with Gasteiger partial charge < -0.3 is 0 Å². The highest BCUT2D eigenvalue weighted by molar-refractivity contribution is 5.96. The van der Waals surface area contributed by atoms with Crippen molar-refractivity contribution >= 4 is 5.71 Å². The highest BCUT2D eigenvalue weighted by Crippen LogP contribution is 2.39. The Hall–Kier alpha value is -2.03. The van der Waals surface area contributed by atoms with Crippen LogP contribution in [0.15, 0.2) is 54.0 Å². The predicted molar refractivity (Wildman–Crippen MR) is 76.5 cm³/mol. The van der Waals surface area contributed by atoms with Gasteiger partial charge in [-0.2, -0.15) is 0 Å². The molecule has 0 saturated heterocycles. The van der Waals surface area contributed by atoms with Gasteiger partial charge in [0.2, 0.25) is 0 Å². The molecular formula is C16H17N3.